The maximum absolute atomic E-state index is 10.9. The van der Waals surface area contributed by atoms with E-state index in [-0.39, 0.29) is 0 Å². The van der Waals surface area contributed by atoms with Crippen molar-refractivity contribution in [2.75, 3.05) is 0 Å². The minimum Gasteiger partial charge on any atom is -0.272 e. The van der Waals surface area contributed by atoms with E-state index < -0.39 is 0 Å². The van der Waals surface area contributed by atoms with Gasteiger partial charge in [-0.3, -0.25) is 9.36 Å². The normalized spacial score (nSPS) is 10.9. The summed E-state index contributed by atoms with van der Waals surface area (Å²) in [6.45, 7) is 0. The van der Waals surface area contributed by atoms with Gasteiger partial charge in [-0.2, -0.15) is 0 Å². The van der Waals surface area contributed by atoms with Gasteiger partial charge in [0.15, 0.2) is 0 Å². The summed E-state index contributed by atoms with van der Waals surface area (Å²) in [6, 6.07) is 15.7. The van der Waals surface area contributed by atoms with Crippen molar-refractivity contribution in [2.45, 2.75) is 0 Å². The van der Waals surface area contributed by atoms with Crippen LogP contribution in [-0.4, -0.2) is 11.0 Å². The molecule has 0 aliphatic rings. The van der Waals surface area contributed by atoms with Crippen molar-refractivity contribution in [3.05, 3.63) is 48.5 Å². The van der Waals surface area contributed by atoms with Crippen LogP contribution in [-0.2, 0) is 4.79 Å². The molecule has 3 rings (SSSR count). The van der Waals surface area contributed by atoms with Gasteiger partial charge in [0, 0.05) is 10.8 Å². The molecular formula is C13H8NO. The van der Waals surface area contributed by atoms with E-state index in [9.17, 15) is 4.79 Å². The van der Waals surface area contributed by atoms with Crippen LogP contribution in [0.25, 0.3) is 21.8 Å². The van der Waals surface area contributed by atoms with E-state index in [4.69, 9.17) is 0 Å². The van der Waals surface area contributed by atoms with Crippen molar-refractivity contribution in [3.8, 4) is 0 Å². The van der Waals surface area contributed by atoms with Gasteiger partial charge in [0.1, 0.15) is 0 Å². The van der Waals surface area contributed by atoms with E-state index >= 15 is 0 Å². The molecule has 0 saturated carbocycles. The van der Waals surface area contributed by atoms with Gasteiger partial charge in [0.2, 0.25) is 0 Å². The van der Waals surface area contributed by atoms with Crippen LogP contribution in [0.2, 0.25) is 0 Å². The summed E-state index contributed by atoms with van der Waals surface area (Å²) >= 11 is 0. The average Bonchev–Trinajstić information content (AvgIpc) is 2.63. The van der Waals surface area contributed by atoms with E-state index in [1.165, 1.54) is 0 Å². The standard InChI is InChI=1S/C13H8NO/c15-9-14-12-7-3-1-5-10(12)11-6-2-4-8-13(11)14/h1-8H. The van der Waals surface area contributed by atoms with E-state index in [0.717, 1.165) is 21.8 Å². The predicted octanol–water partition coefficient (Wildman–Crippen LogP) is 2.71. The molecule has 1 aromatic heterocycles. The highest BCUT2D eigenvalue weighted by Crippen LogP contribution is 2.27. The summed E-state index contributed by atoms with van der Waals surface area (Å²) in [4.78, 5) is 10.9. The lowest BCUT2D eigenvalue weighted by Gasteiger charge is -1.92. The fraction of sp³-hybridized carbons (Fsp3) is 0. The van der Waals surface area contributed by atoms with Crippen LogP contribution < -0.4 is 0 Å². The molecule has 0 aliphatic carbocycles. The molecule has 0 fully saturated rings. The summed E-state index contributed by atoms with van der Waals surface area (Å²) in [7, 11) is 0. The Morgan fingerprint density at radius 2 is 1.27 bits per heavy atom. The Kier molecular flexibility index (Phi) is 1.62. The van der Waals surface area contributed by atoms with Crippen LogP contribution >= 0.6 is 0 Å². The van der Waals surface area contributed by atoms with Gasteiger partial charge in [-0.25, -0.2) is 0 Å². The lowest BCUT2D eigenvalue weighted by molar-refractivity contribution is 0.550. The van der Waals surface area contributed by atoms with Gasteiger partial charge < -0.3 is 0 Å². The Morgan fingerprint density at radius 1 is 0.800 bits per heavy atom. The number of nitrogens with zero attached hydrogens (tertiary/aromatic N) is 1. The molecule has 0 N–H and O–H groups in total. The first-order chi connectivity index (χ1) is 7.42. The first kappa shape index (κ1) is 8.24. The molecular weight excluding hydrogens is 186 g/mol. The Balaban J connectivity index is 2.68. The molecule has 1 radical (unpaired) electrons. The summed E-state index contributed by atoms with van der Waals surface area (Å²) in [5, 5.41) is 2.19. The molecule has 2 heteroatoms. The number of aromatic nitrogens is 1. The molecule has 0 spiro atoms. The molecule has 0 bridgehead atoms. The average molecular weight is 194 g/mol. The highest BCUT2D eigenvalue weighted by molar-refractivity contribution is 6.10. The molecule has 0 amide bonds. The van der Waals surface area contributed by atoms with E-state index in [0.29, 0.717) is 0 Å². The first-order valence-electron chi connectivity index (χ1n) is 4.78. The Hall–Kier alpha value is -2.09. The van der Waals surface area contributed by atoms with Crippen LogP contribution in [0.4, 0.5) is 0 Å². The minimum atomic E-state index is 0.911. The van der Waals surface area contributed by atoms with Gasteiger partial charge in [-0.05, 0) is 12.1 Å². The van der Waals surface area contributed by atoms with Crippen LogP contribution in [0.5, 0.6) is 0 Å². The van der Waals surface area contributed by atoms with Crippen LogP contribution in [0.15, 0.2) is 48.5 Å². The monoisotopic (exact) mass is 194 g/mol. The Bertz CT molecular complexity index is 598. The summed E-state index contributed by atoms with van der Waals surface area (Å²) in [5.41, 5.74) is 1.82. The zero-order valence-corrected chi connectivity index (χ0v) is 7.97. The minimum absolute atomic E-state index is 0.911. The maximum atomic E-state index is 10.9. The zero-order valence-electron chi connectivity index (χ0n) is 7.97. The molecule has 0 aliphatic heterocycles. The molecule has 1 heterocycles. The van der Waals surface area contributed by atoms with Gasteiger partial charge >= 0.3 is 6.41 Å². The Morgan fingerprint density at radius 3 is 1.73 bits per heavy atom. The fourth-order valence-corrected chi connectivity index (χ4v) is 2.02. The SMILES string of the molecule is O=[C]n1c2ccccc2c2ccccc21. The number of fused-ring (bicyclic) bond motifs is 3. The number of carbonyl (C=O) groups excluding carboxylic acids is 1. The second-order valence-corrected chi connectivity index (χ2v) is 3.46. The molecule has 0 unspecified atom stereocenters. The summed E-state index contributed by atoms with van der Waals surface area (Å²) in [5.74, 6) is 0. The molecule has 15 heavy (non-hydrogen) atoms. The van der Waals surface area contributed by atoms with Crippen molar-refractivity contribution in [2.24, 2.45) is 0 Å². The van der Waals surface area contributed by atoms with E-state index in [2.05, 4.69) is 0 Å². The highest BCUT2D eigenvalue weighted by atomic mass is 16.1. The molecule has 2 nitrogen and oxygen atoms in total. The lowest BCUT2D eigenvalue weighted by atomic mass is 10.2. The molecule has 71 valence electrons. The maximum Gasteiger partial charge on any atom is 0.321 e. The number of rotatable bonds is 1. The number of benzene rings is 2. The molecule has 3 aromatic rings. The largest absolute Gasteiger partial charge is 0.321 e. The highest BCUT2D eigenvalue weighted by Gasteiger charge is 2.08. The predicted molar refractivity (Wildman–Crippen MR) is 60.5 cm³/mol. The molecule has 0 saturated heterocycles. The van der Waals surface area contributed by atoms with Crippen molar-refractivity contribution >= 4 is 28.2 Å². The quantitative estimate of drug-likeness (QED) is 0.583. The fourth-order valence-electron chi connectivity index (χ4n) is 2.02. The van der Waals surface area contributed by atoms with E-state index in [1.54, 1.807) is 4.57 Å². The summed E-state index contributed by atoms with van der Waals surface area (Å²) in [6.07, 6.45) is 1.96. The van der Waals surface area contributed by atoms with Gasteiger partial charge in [-0.15, -0.1) is 0 Å². The Labute approximate surface area is 86.7 Å². The van der Waals surface area contributed by atoms with Crippen molar-refractivity contribution < 1.29 is 4.79 Å². The lowest BCUT2D eigenvalue weighted by Crippen LogP contribution is -1.92. The third-order valence-electron chi connectivity index (χ3n) is 2.67. The second-order valence-electron chi connectivity index (χ2n) is 3.46. The van der Waals surface area contributed by atoms with Gasteiger partial charge in [0.05, 0.1) is 11.0 Å². The third kappa shape index (κ3) is 1.02. The number of hydrogen-bond donors (Lipinski definition) is 0. The molecule has 2 aromatic carbocycles. The van der Waals surface area contributed by atoms with Crippen molar-refractivity contribution in [1.29, 1.82) is 0 Å². The number of para-hydroxylation sites is 2. The number of hydrogen-bond acceptors (Lipinski definition) is 1. The zero-order chi connectivity index (χ0) is 10.3. The van der Waals surface area contributed by atoms with Crippen molar-refractivity contribution in [3.63, 3.8) is 0 Å². The van der Waals surface area contributed by atoms with Crippen LogP contribution in [0.1, 0.15) is 0 Å². The van der Waals surface area contributed by atoms with E-state index in [1.807, 2.05) is 54.9 Å². The van der Waals surface area contributed by atoms with Gasteiger partial charge in [0.25, 0.3) is 0 Å². The van der Waals surface area contributed by atoms with Crippen molar-refractivity contribution in [1.82, 2.24) is 4.57 Å². The third-order valence-corrected chi connectivity index (χ3v) is 2.67. The summed E-state index contributed by atoms with van der Waals surface area (Å²) < 4.78 is 1.56. The molecule has 0 atom stereocenters. The smallest absolute Gasteiger partial charge is 0.272 e. The van der Waals surface area contributed by atoms with Crippen LogP contribution in [0.3, 0.4) is 0 Å². The second kappa shape index (κ2) is 2.95. The van der Waals surface area contributed by atoms with Gasteiger partial charge in [-0.1, -0.05) is 36.4 Å². The van der Waals surface area contributed by atoms with Crippen LogP contribution in [0, 0.1) is 0 Å². The topological polar surface area (TPSA) is 22.0 Å². The first-order valence-corrected chi connectivity index (χ1v) is 4.78.